The summed E-state index contributed by atoms with van der Waals surface area (Å²) in [4.78, 5) is 26.7. The first-order valence-corrected chi connectivity index (χ1v) is 10.8. The van der Waals surface area contributed by atoms with Gasteiger partial charge in [-0.1, -0.05) is 76.7 Å². The molecule has 4 nitrogen and oxygen atoms in total. The van der Waals surface area contributed by atoms with Gasteiger partial charge >= 0.3 is 51.4 Å². The third-order valence-corrected chi connectivity index (χ3v) is 6.12. The number of carbonyl (C=O) groups is 2. The Balaban J connectivity index is -0.000000137. The number of hydrogen-bond acceptors (Lipinski definition) is 3. The molecule has 0 aliphatic carbocycles. The first-order valence-electron chi connectivity index (χ1n) is 10.8. The molecule has 30 heavy (non-hydrogen) atoms. The second-order valence-corrected chi connectivity index (χ2v) is 10.9. The van der Waals surface area contributed by atoms with E-state index in [2.05, 4.69) is 69.2 Å². The van der Waals surface area contributed by atoms with Crippen molar-refractivity contribution in [3.8, 4) is 0 Å². The monoisotopic (exact) mass is 455 g/mol. The average molecular weight is 456 g/mol. The summed E-state index contributed by atoms with van der Waals surface area (Å²) in [6.07, 6.45) is 4.53. The van der Waals surface area contributed by atoms with E-state index in [1.54, 1.807) is 7.05 Å². The second kappa shape index (κ2) is 18.2. The Morgan fingerprint density at radius 2 is 1.30 bits per heavy atom. The van der Waals surface area contributed by atoms with Crippen molar-refractivity contribution in [1.29, 1.82) is 0 Å². The maximum atomic E-state index is 11.6. The van der Waals surface area contributed by atoms with E-state index in [4.69, 9.17) is 4.84 Å². The molecule has 0 heterocycles. The van der Waals surface area contributed by atoms with E-state index in [-0.39, 0.29) is 66.1 Å². The molecule has 0 saturated heterocycles. The van der Waals surface area contributed by atoms with Crippen molar-refractivity contribution in [2.45, 2.75) is 102 Å². The average Bonchev–Trinajstić information content (AvgIpc) is 2.52. The first kappa shape index (κ1) is 38.0. The minimum absolute atomic E-state index is 0. The van der Waals surface area contributed by atoms with Gasteiger partial charge in [0.05, 0.1) is 7.11 Å². The summed E-state index contributed by atoms with van der Waals surface area (Å²) < 4.78 is 0. The van der Waals surface area contributed by atoms with Gasteiger partial charge in [0.15, 0.2) is 0 Å². The van der Waals surface area contributed by atoms with Gasteiger partial charge in [0, 0.05) is 19.9 Å². The third-order valence-electron chi connectivity index (χ3n) is 6.12. The summed E-state index contributed by atoms with van der Waals surface area (Å²) in [7, 11) is 3.17. The van der Waals surface area contributed by atoms with Crippen LogP contribution in [0.25, 0.3) is 0 Å². The minimum atomic E-state index is 0. The fourth-order valence-electron chi connectivity index (χ4n) is 2.79. The zero-order valence-corrected chi connectivity index (χ0v) is 25.0. The molecule has 0 aliphatic heterocycles. The zero-order chi connectivity index (χ0) is 22.7. The van der Waals surface area contributed by atoms with Gasteiger partial charge in [-0.05, 0) is 47.3 Å². The number of aldehydes is 1. The number of rotatable bonds is 9. The molecule has 0 saturated carbocycles. The van der Waals surface area contributed by atoms with Crippen LogP contribution in [0, 0.1) is 34.5 Å². The van der Waals surface area contributed by atoms with Gasteiger partial charge in [-0.2, -0.15) is 0 Å². The van der Waals surface area contributed by atoms with E-state index in [9.17, 15) is 9.59 Å². The molecule has 0 bridgehead atoms. The van der Waals surface area contributed by atoms with Gasteiger partial charge < -0.3 is 6.22 Å². The molecule has 0 aromatic heterocycles. The van der Waals surface area contributed by atoms with E-state index >= 15 is 0 Å². The Bertz CT molecular complexity index is 447. The number of amides is 1. The van der Waals surface area contributed by atoms with Crippen LogP contribution in [0.2, 0.25) is 0 Å². The maximum absolute atomic E-state index is 11.6. The summed E-state index contributed by atoms with van der Waals surface area (Å²) in [5, 5.41) is 1.30. The van der Waals surface area contributed by atoms with E-state index in [1.165, 1.54) is 12.2 Å². The molecule has 0 aromatic rings. The molecule has 0 fully saturated rings. The smallest absolute Gasteiger partial charge is 1.00 e. The van der Waals surface area contributed by atoms with Gasteiger partial charge in [-0.3, -0.25) is 9.63 Å². The molecule has 0 rings (SSSR count). The summed E-state index contributed by atoms with van der Waals surface area (Å²) in [5.74, 6) is 2.29. The molecule has 0 aromatic carbocycles. The van der Waals surface area contributed by atoms with E-state index < -0.39 is 0 Å². The molecule has 4 atom stereocenters. The predicted molar refractivity (Wildman–Crippen MR) is 128 cm³/mol. The van der Waals surface area contributed by atoms with Crippen molar-refractivity contribution in [3.63, 3.8) is 0 Å². The van der Waals surface area contributed by atoms with Crippen molar-refractivity contribution in [2.75, 3.05) is 14.2 Å². The molecular weight excluding hydrogens is 401 g/mol. The molecular formula is C25H54KNO3. The van der Waals surface area contributed by atoms with Crippen LogP contribution < -0.4 is 51.4 Å². The van der Waals surface area contributed by atoms with Crippen molar-refractivity contribution in [2.24, 2.45) is 34.5 Å². The van der Waals surface area contributed by atoms with Crippen LogP contribution in [0.1, 0.15) is 104 Å². The minimum Gasteiger partial charge on any atom is -1.00 e. The van der Waals surface area contributed by atoms with Gasteiger partial charge in [-0.15, -0.1) is 0 Å². The number of carbonyl (C=O) groups excluding carboxylic acids is 2. The normalized spacial score (nSPS) is 15.2. The van der Waals surface area contributed by atoms with Crippen LogP contribution >= 0.6 is 0 Å². The van der Waals surface area contributed by atoms with Crippen molar-refractivity contribution < 1.29 is 67.2 Å². The summed E-state index contributed by atoms with van der Waals surface area (Å²) >= 11 is 0. The molecule has 0 N–H and O–H groups in total. The number of hydroxylamine groups is 2. The van der Waals surface area contributed by atoms with Gasteiger partial charge in [-0.25, -0.2) is 5.06 Å². The molecule has 0 unspecified atom stereocenters. The molecule has 1 amide bonds. The fourth-order valence-corrected chi connectivity index (χ4v) is 2.79. The molecule has 5 heteroatoms. The van der Waals surface area contributed by atoms with Crippen LogP contribution in [-0.4, -0.2) is 31.4 Å². The Labute approximate surface area is 233 Å². The first-order chi connectivity index (χ1) is 12.6. The van der Waals surface area contributed by atoms with E-state index in [1.807, 2.05) is 0 Å². The van der Waals surface area contributed by atoms with E-state index in [0.717, 1.165) is 19.1 Å². The summed E-state index contributed by atoms with van der Waals surface area (Å²) in [5.41, 5.74) is 0.682. The van der Waals surface area contributed by atoms with Crippen LogP contribution in [0.15, 0.2) is 0 Å². The van der Waals surface area contributed by atoms with Crippen molar-refractivity contribution in [1.82, 2.24) is 5.06 Å². The van der Waals surface area contributed by atoms with Crippen LogP contribution in [0.4, 0.5) is 0 Å². The standard InChI is InChI=1S/C13H27NO2.C11H22O.CH4.K.H/c1-10(8-11(2)13(3,4)5)9-12(15)14(6)16-7;1-9(6-7-12)8-10(2)11(3,4)5;;;/h10-11H,8-9H2,1-7H3;7,9-10H,6,8H2,1-5H3;1H4;;/q;;;+1;-1/t10-,11+;9-,10-;;;/m10.../s1. The number of hydrogen-bond donors (Lipinski definition) is 0. The second-order valence-electron chi connectivity index (χ2n) is 10.9. The van der Waals surface area contributed by atoms with Gasteiger partial charge in [0.2, 0.25) is 5.91 Å². The van der Waals surface area contributed by atoms with Crippen LogP contribution in [0.3, 0.4) is 0 Å². The largest absolute Gasteiger partial charge is 1.00 e. The van der Waals surface area contributed by atoms with Crippen molar-refractivity contribution >= 4 is 12.2 Å². The van der Waals surface area contributed by atoms with Crippen LogP contribution in [-0.2, 0) is 14.4 Å². The zero-order valence-electron chi connectivity index (χ0n) is 22.9. The SMILES string of the molecule is C.CON(C)C(=O)C[C@H](C)C[C@H](C)C(C)(C)C.C[C@@H](CC=O)C[C@H](C)C(C)(C)C.[H-].[K+]. The Morgan fingerprint density at radius 3 is 1.60 bits per heavy atom. The van der Waals surface area contributed by atoms with Crippen LogP contribution in [0.5, 0.6) is 0 Å². The maximum Gasteiger partial charge on any atom is 1.00 e. The van der Waals surface area contributed by atoms with Gasteiger partial charge in [0.25, 0.3) is 0 Å². The Kier molecular flexibility index (Phi) is 23.1. The Hall–Kier alpha value is 0.736. The molecule has 0 radical (unpaired) electrons. The predicted octanol–water partition coefficient (Wildman–Crippen LogP) is 4.14. The quantitative estimate of drug-likeness (QED) is 0.298. The number of nitrogens with zero attached hydrogens (tertiary/aromatic N) is 1. The van der Waals surface area contributed by atoms with E-state index in [0.29, 0.717) is 47.3 Å². The Morgan fingerprint density at radius 1 is 0.933 bits per heavy atom. The molecule has 0 spiro atoms. The topological polar surface area (TPSA) is 46.6 Å². The third kappa shape index (κ3) is 19.4. The van der Waals surface area contributed by atoms with Gasteiger partial charge in [0.1, 0.15) is 6.29 Å². The fraction of sp³-hybridized carbons (Fsp3) is 0.920. The van der Waals surface area contributed by atoms with Crippen molar-refractivity contribution in [3.05, 3.63) is 0 Å². The molecule has 178 valence electrons. The summed E-state index contributed by atoms with van der Waals surface area (Å²) in [6.45, 7) is 22.3. The summed E-state index contributed by atoms with van der Waals surface area (Å²) in [6, 6.07) is 0. The molecule has 0 aliphatic rings.